The molecule has 2 aromatic rings. The lowest BCUT2D eigenvalue weighted by molar-refractivity contribution is 0.465. The van der Waals surface area contributed by atoms with Gasteiger partial charge in [0.25, 0.3) is 0 Å². The zero-order valence-corrected chi connectivity index (χ0v) is 9.53. The highest BCUT2D eigenvalue weighted by Crippen LogP contribution is 2.31. The van der Waals surface area contributed by atoms with E-state index in [2.05, 4.69) is 4.98 Å². The molecule has 1 heterocycles. The van der Waals surface area contributed by atoms with E-state index in [1.54, 1.807) is 18.3 Å². The number of anilines is 1. The number of ether oxygens (including phenoxy) is 1. The van der Waals surface area contributed by atoms with Gasteiger partial charge in [-0.05, 0) is 30.7 Å². The third kappa shape index (κ3) is 2.09. The lowest BCUT2D eigenvalue weighted by Gasteiger charge is -2.09. The molecule has 1 aromatic heterocycles. The van der Waals surface area contributed by atoms with Crippen LogP contribution in [0.5, 0.6) is 11.6 Å². The van der Waals surface area contributed by atoms with Crippen LogP contribution in [0.2, 0.25) is 5.02 Å². The molecular formula is C12H11ClN2O. The van der Waals surface area contributed by atoms with E-state index >= 15 is 0 Å². The molecule has 0 saturated carbocycles. The lowest BCUT2D eigenvalue weighted by atomic mass is 10.2. The average Bonchev–Trinajstić information content (AvgIpc) is 2.28. The lowest BCUT2D eigenvalue weighted by Crippen LogP contribution is -1.97. The van der Waals surface area contributed by atoms with Crippen LogP contribution >= 0.6 is 11.6 Å². The molecule has 0 saturated heterocycles. The fourth-order valence-corrected chi connectivity index (χ4v) is 1.43. The minimum atomic E-state index is 0.383. The maximum atomic E-state index is 5.97. The summed E-state index contributed by atoms with van der Waals surface area (Å²) in [6.07, 6.45) is 1.65. The van der Waals surface area contributed by atoms with Crippen molar-refractivity contribution in [1.82, 2.24) is 4.98 Å². The van der Waals surface area contributed by atoms with Gasteiger partial charge >= 0.3 is 0 Å². The first kappa shape index (κ1) is 10.8. The summed E-state index contributed by atoms with van der Waals surface area (Å²) >= 11 is 5.97. The molecule has 2 N–H and O–H groups in total. The Morgan fingerprint density at radius 1 is 1.25 bits per heavy atom. The summed E-state index contributed by atoms with van der Waals surface area (Å²) in [5.41, 5.74) is 7.31. The molecule has 0 aliphatic carbocycles. The van der Waals surface area contributed by atoms with E-state index < -0.39 is 0 Å². The van der Waals surface area contributed by atoms with Gasteiger partial charge in [-0.2, -0.15) is 0 Å². The van der Waals surface area contributed by atoms with Crippen LogP contribution in [-0.2, 0) is 0 Å². The summed E-state index contributed by atoms with van der Waals surface area (Å²) in [5, 5.41) is 0.533. The van der Waals surface area contributed by atoms with Crippen molar-refractivity contribution < 1.29 is 4.74 Å². The summed E-state index contributed by atoms with van der Waals surface area (Å²) in [4.78, 5) is 4.07. The van der Waals surface area contributed by atoms with E-state index in [-0.39, 0.29) is 0 Å². The maximum Gasteiger partial charge on any atom is 0.242 e. The summed E-state index contributed by atoms with van der Waals surface area (Å²) in [6, 6.07) is 9.03. The predicted molar refractivity (Wildman–Crippen MR) is 64.9 cm³/mol. The average molecular weight is 235 g/mol. The quantitative estimate of drug-likeness (QED) is 0.866. The van der Waals surface area contributed by atoms with Crippen molar-refractivity contribution in [3.05, 3.63) is 47.1 Å². The highest BCUT2D eigenvalue weighted by molar-refractivity contribution is 6.32. The largest absolute Gasteiger partial charge is 0.435 e. The Balaban J connectivity index is 2.35. The van der Waals surface area contributed by atoms with Crippen LogP contribution in [0, 0.1) is 6.92 Å². The van der Waals surface area contributed by atoms with Gasteiger partial charge in [0.2, 0.25) is 5.88 Å². The molecule has 82 valence electrons. The second-order valence-corrected chi connectivity index (χ2v) is 3.79. The fourth-order valence-electron chi connectivity index (χ4n) is 1.26. The third-order valence-electron chi connectivity index (χ3n) is 2.21. The summed E-state index contributed by atoms with van der Waals surface area (Å²) in [7, 11) is 0. The molecule has 0 atom stereocenters. The van der Waals surface area contributed by atoms with Gasteiger partial charge in [0.05, 0.1) is 10.7 Å². The van der Waals surface area contributed by atoms with Gasteiger partial charge in [-0.1, -0.05) is 23.7 Å². The Labute approximate surface area is 98.8 Å². The number of aryl methyl sites for hydroxylation is 1. The second kappa shape index (κ2) is 4.41. The van der Waals surface area contributed by atoms with Crippen LogP contribution in [0.25, 0.3) is 0 Å². The van der Waals surface area contributed by atoms with E-state index in [0.29, 0.717) is 22.3 Å². The van der Waals surface area contributed by atoms with Crippen LogP contribution < -0.4 is 10.5 Å². The topological polar surface area (TPSA) is 48.1 Å². The monoisotopic (exact) mass is 234 g/mol. The number of pyridine rings is 1. The molecule has 0 aliphatic heterocycles. The van der Waals surface area contributed by atoms with Gasteiger partial charge in [0, 0.05) is 6.20 Å². The number of nitrogens with zero attached hydrogens (tertiary/aromatic N) is 1. The van der Waals surface area contributed by atoms with Crippen LogP contribution in [0.3, 0.4) is 0 Å². The summed E-state index contributed by atoms with van der Waals surface area (Å²) in [5.74, 6) is 0.932. The van der Waals surface area contributed by atoms with Gasteiger partial charge in [0.15, 0.2) is 0 Å². The molecule has 0 radical (unpaired) electrons. The highest BCUT2D eigenvalue weighted by Gasteiger charge is 2.07. The molecule has 0 spiro atoms. The van der Waals surface area contributed by atoms with Crippen molar-refractivity contribution in [2.24, 2.45) is 0 Å². The molecule has 0 bridgehead atoms. The highest BCUT2D eigenvalue weighted by atomic mass is 35.5. The Bertz CT molecular complexity index is 514. The van der Waals surface area contributed by atoms with Crippen LogP contribution in [0.1, 0.15) is 5.56 Å². The second-order valence-electron chi connectivity index (χ2n) is 3.38. The summed E-state index contributed by atoms with van der Waals surface area (Å²) < 4.78 is 5.55. The number of hydrogen-bond acceptors (Lipinski definition) is 3. The smallest absolute Gasteiger partial charge is 0.242 e. The molecule has 3 nitrogen and oxygen atoms in total. The van der Waals surface area contributed by atoms with Crippen molar-refractivity contribution in [2.45, 2.75) is 6.92 Å². The SMILES string of the molecule is Cc1ccnc(Oc2ccccc2Cl)c1N. The number of rotatable bonds is 2. The molecule has 1 aromatic carbocycles. The van der Waals surface area contributed by atoms with Crippen LogP contribution in [0.4, 0.5) is 5.69 Å². The van der Waals surface area contributed by atoms with E-state index in [1.807, 2.05) is 25.1 Å². The van der Waals surface area contributed by atoms with E-state index in [4.69, 9.17) is 22.1 Å². The number of halogens is 1. The van der Waals surface area contributed by atoms with Gasteiger partial charge in [0.1, 0.15) is 5.75 Å². The number of nitrogens with two attached hydrogens (primary N) is 1. The molecule has 16 heavy (non-hydrogen) atoms. The van der Waals surface area contributed by atoms with E-state index in [9.17, 15) is 0 Å². The first-order chi connectivity index (χ1) is 7.68. The number of hydrogen-bond donors (Lipinski definition) is 1. The van der Waals surface area contributed by atoms with Gasteiger partial charge in [-0.3, -0.25) is 0 Å². The molecule has 0 unspecified atom stereocenters. The van der Waals surface area contributed by atoms with Crippen LogP contribution in [0.15, 0.2) is 36.5 Å². The Kier molecular flexibility index (Phi) is 2.97. The standard InChI is InChI=1S/C12H11ClN2O/c1-8-6-7-15-12(11(8)14)16-10-5-3-2-4-9(10)13/h2-7H,14H2,1H3. The Morgan fingerprint density at radius 2 is 2.00 bits per heavy atom. The van der Waals surface area contributed by atoms with E-state index in [0.717, 1.165) is 5.56 Å². The molecule has 0 amide bonds. The molecule has 0 fully saturated rings. The zero-order valence-electron chi connectivity index (χ0n) is 8.77. The molecule has 4 heteroatoms. The van der Waals surface area contributed by atoms with Gasteiger partial charge < -0.3 is 10.5 Å². The van der Waals surface area contributed by atoms with Gasteiger partial charge in [-0.15, -0.1) is 0 Å². The van der Waals surface area contributed by atoms with Crippen LogP contribution in [-0.4, -0.2) is 4.98 Å². The van der Waals surface area contributed by atoms with Crippen molar-refractivity contribution >= 4 is 17.3 Å². The first-order valence-corrected chi connectivity index (χ1v) is 5.20. The Morgan fingerprint density at radius 3 is 2.75 bits per heavy atom. The van der Waals surface area contributed by atoms with Crippen molar-refractivity contribution in [1.29, 1.82) is 0 Å². The number of benzene rings is 1. The number of para-hydroxylation sites is 1. The molecule has 2 rings (SSSR count). The minimum Gasteiger partial charge on any atom is -0.435 e. The molecular weight excluding hydrogens is 224 g/mol. The van der Waals surface area contributed by atoms with Crippen molar-refractivity contribution in [2.75, 3.05) is 5.73 Å². The minimum absolute atomic E-state index is 0.383. The van der Waals surface area contributed by atoms with Gasteiger partial charge in [-0.25, -0.2) is 4.98 Å². The maximum absolute atomic E-state index is 5.97. The number of nitrogen functional groups attached to an aromatic ring is 1. The first-order valence-electron chi connectivity index (χ1n) is 4.82. The molecule has 0 aliphatic rings. The summed E-state index contributed by atoms with van der Waals surface area (Å²) in [6.45, 7) is 1.90. The van der Waals surface area contributed by atoms with Crippen molar-refractivity contribution in [3.8, 4) is 11.6 Å². The van der Waals surface area contributed by atoms with Crippen molar-refractivity contribution in [3.63, 3.8) is 0 Å². The number of aromatic nitrogens is 1. The normalized spacial score (nSPS) is 10.1. The van der Waals surface area contributed by atoms with E-state index in [1.165, 1.54) is 0 Å². The fraction of sp³-hybridized carbons (Fsp3) is 0.0833. The third-order valence-corrected chi connectivity index (χ3v) is 2.53. The Hall–Kier alpha value is -1.74. The predicted octanol–water partition coefficient (Wildman–Crippen LogP) is 3.42. The zero-order chi connectivity index (χ0) is 11.5.